The van der Waals surface area contributed by atoms with Gasteiger partial charge in [0.2, 0.25) is 0 Å². The minimum atomic E-state index is -1.27. The quantitative estimate of drug-likeness (QED) is 0.742. The van der Waals surface area contributed by atoms with E-state index in [-0.39, 0.29) is 16.9 Å². The molecule has 6 heteroatoms. The highest BCUT2D eigenvalue weighted by atomic mass is 32.1. The van der Waals surface area contributed by atoms with Crippen molar-refractivity contribution in [2.75, 3.05) is 0 Å². The Morgan fingerprint density at radius 1 is 1.43 bits per heavy atom. The fourth-order valence-electron chi connectivity index (χ4n) is 1.08. The van der Waals surface area contributed by atoms with Crippen molar-refractivity contribution in [3.05, 3.63) is 27.4 Å². The summed E-state index contributed by atoms with van der Waals surface area (Å²) in [6.07, 6.45) is 0. The van der Waals surface area contributed by atoms with E-state index >= 15 is 0 Å². The first kappa shape index (κ1) is 8.76. The molecular formula is C8H4O5S. The summed E-state index contributed by atoms with van der Waals surface area (Å²) >= 11 is 0.812. The molecule has 72 valence electrons. The molecule has 0 unspecified atom stereocenters. The van der Waals surface area contributed by atoms with Crippen molar-refractivity contribution < 1.29 is 19.4 Å². The van der Waals surface area contributed by atoms with Crippen LogP contribution in [-0.2, 0) is 0 Å². The van der Waals surface area contributed by atoms with Crippen LogP contribution in [0.25, 0.3) is 10.3 Å². The number of aromatic carboxylic acids is 1. The fourth-order valence-corrected chi connectivity index (χ4v) is 1.76. The highest BCUT2D eigenvalue weighted by Crippen LogP contribution is 2.26. The van der Waals surface area contributed by atoms with Crippen molar-refractivity contribution in [1.29, 1.82) is 0 Å². The molecule has 14 heavy (non-hydrogen) atoms. The number of hydrogen-bond acceptors (Lipinski definition) is 5. The smallest absolute Gasteiger partial charge is 0.396 e. The third-order valence-electron chi connectivity index (χ3n) is 1.68. The van der Waals surface area contributed by atoms with Gasteiger partial charge in [-0.1, -0.05) is 11.3 Å². The number of aromatic hydroxyl groups is 1. The molecule has 2 rings (SSSR count). The molecule has 0 saturated heterocycles. The van der Waals surface area contributed by atoms with E-state index in [4.69, 9.17) is 9.52 Å². The Morgan fingerprint density at radius 3 is 2.79 bits per heavy atom. The van der Waals surface area contributed by atoms with Crippen LogP contribution < -0.4 is 4.94 Å². The molecule has 0 amide bonds. The molecular weight excluding hydrogens is 208 g/mol. The van der Waals surface area contributed by atoms with Crippen LogP contribution in [-0.4, -0.2) is 16.2 Å². The Kier molecular flexibility index (Phi) is 1.78. The monoisotopic (exact) mass is 212 g/mol. The lowest BCUT2D eigenvalue weighted by Gasteiger charge is -1.97. The van der Waals surface area contributed by atoms with Gasteiger partial charge in [-0.25, -0.2) is 9.59 Å². The maximum Gasteiger partial charge on any atom is 0.396 e. The van der Waals surface area contributed by atoms with Crippen molar-refractivity contribution in [1.82, 2.24) is 0 Å². The molecule has 0 bridgehead atoms. The zero-order valence-corrected chi connectivity index (χ0v) is 7.50. The van der Waals surface area contributed by atoms with E-state index in [1.54, 1.807) is 0 Å². The third-order valence-corrected chi connectivity index (χ3v) is 2.47. The van der Waals surface area contributed by atoms with E-state index < -0.39 is 10.9 Å². The number of carboxylic acids is 1. The van der Waals surface area contributed by atoms with Crippen LogP contribution in [0.5, 0.6) is 5.75 Å². The Morgan fingerprint density at radius 2 is 2.14 bits per heavy atom. The van der Waals surface area contributed by atoms with Gasteiger partial charge >= 0.3 is 10.9 Å². The summed E-state index contributed by atoms with van der Waals surface area (Å²) in [5, 5.41) is 17.9. The van der Waals surface area contributed by atoms with Crippen molar-refractivity contribution >= 4 is 27.6 Å². The van der Waals surface area contributed by atoms with Crippen molar-refractivity contribution in [2.45, 2.75) is 0 Å². The predicted octanol–water partition coefficient (Wildman–Crippen LogP) is 1.26. The zero-order chi connectivity index (χ0) is 10.3. The first-order chi connectivity index (χ1) is 6.58. The second-order valence-corrected chi connectivity index (χ2v) is 3.55. The fraction of sp³-hybridized carbons (Fsp3) is 0. The van der Waals surface area contributed by atoms with Crippen LogP contribution in [0.1, 0.15) is 10.4 Å². The van der Waals surface area contributed by atoms with Crippen LogP contribution >= 0.6 is 11.3 Å². The molecule has 5 nitrogen and oxygen atoms in total. The molecule has 0 aliphatic heterocycles. The summed E-state index contributed by atoms with van der Waals surface area (Å²) in [6.45, 7) is 0. The van der Waals surface area contributed by atoms with Gasteiger partial charge in [0.15, 0.2) is 5.58 Å². The van der Waals surface area contributed by atoms with Gasteiger partial charge in [-0.05, 0) is 0 Å². The van der Waals surface area contributed by atoms with Gasteiger partial charge in [0.1, 0.15) is 11.3 Å². The lowest BCUT2D eigenvalue weighted by atomic mass is 10.2. The van der Waals surface area contributed by atoms with Gasteiger partial charge in [0, 0.05) is 12.1 Å². The van der Waals surface area contributed by atoms with Crippen molar-refractivity contribution in [3.8, 4) is 5.75 Å². The van der Waals surface area contributed by atoms with Crippen LogP contribution in [0.15, 0.2) is 21.3 Å². The first-order valence-corrected chi connectivity index (χ1v) is 4.39. The van der Waals surface area contributed by atoms with Crippen molar-refractivity contribution in [2.24, 2.45) is 0 Å². The molecule has 0 radical (unpaired) electrons. The number of phenols is 1. The van der Waals surface area contributed by atoms with Crippen molar-refractivity contribution in [3.63, 3.8) is 0 Å². The Labute approximate surface area is 80.8 Å². The maximum absolute atomic E-state index is 10.8. The lowest BCUT2D eigenvalue weighted by Crippen LogP contribution is -1.95. The summed E-state index contributed by atoms with van der Waals surface area (Å²) in [5.74, 6) is -1.64. The summed E-state index contributed by atoms with van der Waals surface area (Å²) in [4.78, 5) is 20.9. The van der Waals surface area contributed by atoms with E-state index in [1.807, 2.05) is 0 Å². The molecule has 2 aromatic rings. The van der Waals surface area contributed by atoms with Crippen LogP contribution in [0.3, 0.4) is 0 Å². The van der Waals surface area contributed by atoms with Gasteiger partial charge in [0.25, 0.3) is 0 Å². The molecule has 0 saturated carbocycles. The summed E-state index contributed by atoms with van der Waals surface area (Å²) < 4.78 is 5.13. The third kappa shape index (κ3) is 1.25. The highest BCUT2D eigenvalue weighted by molar-refractivity contribution is 7.16. The first-order valence-electron chi connectivity index (χ1n) is 3.58. The summed E-state index contributed by atoms with van der Waals surface area (Å²) in [7, 11) is 0. The standard InChI is InChI=1S/C8H4O5S/c9-4-2-6-5(13-8(12)14-6)1-3(4)7(10)11/h1-2,9H,(H,10,11). The van der Waals surface area contributed by atoms with Gasteiger partial charge in [-0.3, -0.25) is 0 Å². The maximum atomic E-state index is 10.8. The molecule has 0 fully saturated rings. The minimum absolute atomic E-state index is 0.176. The topological polar surface area (TPSA) is 87.7 Å². The van der Waals surface area contributed by atoms with Crippen LogP contribution in [0.2, 0.25) is 0 Å². The Balaban J connectivity index is 2.82. The van der Waals surface area contributed by atoms with Gasteiger partial charge < -0.3 is 14.6 Å². The van der Waals surface area contributed by atoms with Crippen LogP contribution in [0, 0.1) is 0 Å². The summed E-state index contributed by atoms with van der Waals surface area (Å²) in [5.41, 5.74) is -0.103. The van der Waals surface area contributed by atoms with Gasteiger partial charge in [-0.15, -0.1) is 0 Å². The average molecular weight is 212 g/mol. The molecule has 1 aromatic carbocycles. The molecule has 0 aliphatic carbocycles. The second-order valence-electron chi connectivity index (χ2n) is 2.58. The number of hydrogen-bond donors (Lipinski definition) is 2. The van der Waals surface area contributed by atoms with Crippen LogP contribution in [0.4, 0.5) is 0 Å². The largest absolute Gasteiger partial charge is 0.507 e. The minimum Gasteiger partial charge on any atom is -0.507 e. The number of fused-ring (bicyclic) bond motifs is 1. The van der Waals surface area contributed by atoms with E-state index in [2.05, 4.69) is 0 Å². The van der Waals surface area contributed by atoms with E-state index in [0.29, 0.717) is 4.70 Å². The average Bonchev–Trinajstić information content (AvgIpc) is 2.42. The molecule has 0 atom stereocenters. The number of carboxylic acid groups (broad SMARTS) is 1. The SMILES string of the molecule is O=C(O)c1cc2oc(=O)sc2cc1O. The molecule has 0 aliphatic rings. The number of rotatable bonds is 1. The Bertz CT molecular complexity index is 565. The molecule has 1 heterocycles. The Hall–Kier alpha value is -1.82. The molecule has 1 aromatic heterocycles. The molecule has 0 spiro atoms. The summed E-state index contributed by atoms with van der Waals surface area (Å²) in [6, 6.07) is 2.33. The predicted molar refractivity (Wildman–Crippen MR) is 49.0 cm³/mol. The lowest BCUT2D eigenvalue weighted by molar-refractivity contribution is 0.0694. The molecule has 2 N–H and O–H groups in total. The normalized spacial score (nSPS) is 10.6. The zero-order valence-electron chi connectivity index (χ0n) is 6.68. The van der Waals surface area contributed by atoms with E-state index in [0.717, 1.165) is 17.4 Å². The van der Waals surface area contributed by atoms with Gasteiger partial charge in [-0.2, -0.15) is 0 Å². The van der Waals surface area contributed by atoms with Gasteiger partial charge in [0.05, 0.1) is 4.70 Å². The number of carbonyl (C=O) groups is 1. The van der Waals surface area contributed by atoms with E-state index in [1.165, 1.54) is 6.07 Å². The number of benzene rings is 1. The highest BCUT2D eigenvalue weighted by Gasteiger charge is 2.13. The second kappa shape index (κ2) is 2.85. The van der Waals surface area contributed by atoms with E-state index in [9.17, 15) is 14.7 Å².